The van der Waals surface area contributed by atoms with Gasteiger partial charge in [-0.3, -0.25) is 4.98 Å². The van der Waals surface area contributed by atoms with Gasteiger partial charge in [-0.05, 0) is 36.9 Å². The van der Waals surface area contributed by atoms with Gasteiger partial charge in [-0.15, -0.1) is 0 Å². The fourth-order valence-electron chi connectivity index (χ4n) is 3.27. The summed E-state index contributed by atoms with van der Waals surface area (Å²) in [4.78, 5) is 4.18. The van der Waals surface area contributed by atoms with E-state index in [-0.39, 0.29) is 5.92 Å². The van der Waals surface area contributed by atoms with Gasteiger partial charge in [0, 0.05) is 26.8 Å². The molecule has 110 valence electrons. The van der Waals surface area contributed by atoms with Crippen LogP contribution in [-0.4, -0.2) is 4.98 Å². The molecule has 0 radical (unpaired) electrons. The first kappa shape index (κ1) is 11.9. The van der Waals surface area contributed by atoms with Gasteiger partial charge in [0.25, 0.3) is 0 Å². The molecule has 0 aromatic carbocycles. The first-order chi connectivity index (χ1) is 11.0. The molecule has 2 aromatic heterocycles. The van der Waals surface area contributed by atoms with Crippen molar-refractivity contribution >= 4 is 0 Å². The molecule has 2 nitrogen and oxygen atoms in total. The van der Waals surface area contributed by atoms with Crippen molar-refractivity contribution in [2.45, 2.75) is 45.4 Å². The van der Waals surface area contributed by atoms with E-state index in [0.717, 1.165) is 48.1 Å². The van der Waals surface area contributed by atoms with E-state index in [1.165, 1.54) is 6.42 Å². The van der Waals surface area contributed by atoms with Crippen molar-refractivity contribution in [3.05, 3.63) is 47.9 Å². The number of hydrogen-bond acceptors (Lipinski definition) is 1. The minimum absolute atomic E-state index is 0.111. The summed E-state index contributed by atoms with van der Waals surface area (Å²) in [6.07, 6.45) is 9.84. The molecule has 1 saturated carbocycles. The lowest BCUT2D eigenvalue weighted by Gasteiger charge is -2.22. The molecule has 1 fully saturated rings. The van der Waals surface area contributed by atoms with Crippen molar-refractivity contribution in [2.75, 3.05) is 0 Å². The maximum Gasteiger partial charge on any atom is 0.215 e. The van der Waals surface area contributed by atoms with Crippen LogP contribution in [0.2, 0.25) is 0 Å². The second kappa shape index (κ2) is 6.38. The topological polar surface area (TPSA) is 16.8 Å². The lowest BCUT2D eigenvalue weighted by atomic mass is 9.84. The van der Waals surface area contributed by atoms with Crippen LogP contribution < -0.4 is 4.57 Å². The van der Waals surface area contributed by atoms with Crippen LogP contribution in [0.4, 0.5) is 0 Å². The molecular weight excluding hydrogens is 256 g/mol. The summed E-state index contributed by atoms with van der Waals surface area (Å²) in [5.74, 6) is 0.111. The fourth-order valence-corrected chi connectivity index (χ4v) is 3.27. The third-order valence-corrected chi connectivity index (χ3v) is 4.42. The summed E-state index contributed by atoms with van der Waals surface area (Å²) < 4.78 is 19.8. The number of nitrogens with zero attached hydrogens (tertiary/aromatic N) is 2. The zero-order chi connectivity index (χ0) is 16.4. The number of rotatable bonds is 3. The first-order valence-corrected chi connectivity index (χ1v) is 7.92. The van der Waals surface area contributed by atoms with Crippen molar-refractivity contribution < 1.29 is 7.31 Å². The Morgan fingerprint density at radius 1 is 1.29 bits per heavy atom. The zero-order valence-electron chi connectivity index (χ0n) is 15.0. The Kier molecular flexibility index (Phi) is 3.62. The van der Waals surface area contributed by atoms with E-state index in [9.17, 15) is 0 Å². The van der Waals surface area contributed by atoms with Gasteiger partial charge in [0.1, 0.15) is 7.05 Å². The summed E-state index contributed by atoms with van der Waals surface area (Å²) in [5, 5.41) is 0. The molecule has 0 atom stereocenters. The number of aromatic nitrogens is 2. The summed E-state index contributed by atoms with van der Waals surface area (Å²) in [6.45, 7) is 2.04. The van der Waals surface area contributed by atoms with Crippen LogP contribution >= 0.6 is 0 Å². The van der Waals surface area contributed by atoms with Crippen LogP contribution in [0.5, 0.6) is 0 Å². The highest BCUT2D eigenvalue weighted by Crippen LogP contribution is 2.30. The molecule has 2 heterocycles. The molecule has 1 aliphatic carbocycles. The van der Waals surface area contributed by atoms with Gasteiger partial charge in [0.05, 0.1) is 5.56 Å². The van der Waals surface area contributed by atoms with Crippen molar-refractivity contribution in [2.24, 2.45) is 13.0 Å². The lowest BCUT2D eigenvalue weighted by Crippen LogP contribution is -2.32. The number of hydrogen-bond donors (Lipinski definition) is 0. The van der Waals surface area contributed by atoms with Crippen LogP contribution in [0.25, 0.3) is 11.3 Å². The van der Waals surface area contributed by atoms with E-state index in [2.05, 4.69) is 4.98 Å². The third-order valence-electron chi connectivity index (χ3n) is 4.42. The van der Waals surface area contributed by atoms with Crippen LogP contribution in [-0.2, 0) is 13.4 Å². The second-order valence-corrected chi connectivity index (χ2v) is 6.05. The van der Waals surface area contributed by atoms with Crippen LogP contribution in [0, 0.1) is 12.8 Å². The Morgan fingerprint density at radius 3 is 2.86 bits per heavy atom. The monoisotopic (exact) mass is 283 g/mol. The van der Waals surface area contributed by atoms with Crippen LogP contribution in [0.1, 0.15) is 46.0 Å². The Labute approximate surface area is 130 Å². The highest BCUT2D eigenvalue weighted by Gasteiger charge is 2.21. The minimum atomic E-state index is -1.30. The van der Waals surface area contributed by atoms with Crippen molar-refractivity contribution in [3.63, 3.8) is 0 Å². The molecule has 0 spiro atoms. The summed E-state index contributed by atoms with van der Waals surface area (Å²) >= 11 is 0. The lowest BCUT2D eigenvalue weighted by molar-refractivity contribution is -0.660. The zero-order valence-corrected chi connectivity index (χ0v) is 13.0. The summed E-state index contributed by atoms with van der Waals surface area (Å²) in [5.41, 5.74) is 3.93. The molecule has 2 aromatic rings. The molecule has 21 heavy (non-hydrogen) atoms. The molecule has 0 amide bonds. The SMILES string of the molecule is [2H]C([2H])(c1ccc[n+](C)c1-c1ccncc1C)C1CCCCC1. The molecule has 3 rings (SSSR count). The van der Waals surface area contributed by atoms with E-state index < -0.39 is 6.37 Å². The van der Waals surface area contributed by atoms with Gasteiger partial charge in [-0.25, -0.2) is 4.57 Å². The second-order valence-electron chi connectivity index (χ2n) is 6.05. The molecule has 0 aliphatic heterocycles. The predicted molar refractivity (Wildman–Crippen MR) is 85.9 cm³/mol. The number of aryl methyl sites for hydroxylation is 2. The minimum Gasteiger partial charge on any atom is -0.264 e. The highest BCUT2D eigenvalue weighted by atomic mass is 14.9. The molecule has 0 unspecified atom stereocenters. The Morgan fingerprint density at radius 2 is 2.10 bits per heavy atom. The predicted octanol–water partition coefficient (Wildman–Crippen LogP) is 4.00. The van der Waals surface area contributed by atoms with Crippen LogP contribution in [0.3, 0.4) is 0 Å². The molecule has 1 aliphatic rings. The third kappa shape index (κ3) is 3.15. The van der Waals surface area contributed by atoms with Gasteiger partial charge in [-0.1, -0.05) is 32.1 Å². The van der Waals surface area contributed by atoms with Crippen molar-refractivity contribution in [3.8, 4) is 11.3 Å². The van der Waals surface area contributed by atoms with E-state index in [0.29, 0.717) is 0 Å². The molecule has 0 N–H and O–H groups in total. The summed E-state index contributed by atoms with van der Waals surface area (Å²) in [6, 6.07) is 5.91. The average molecular weight is 283 g/mol. The molecule has 0 saturated heterocycles. The first-order valence-electron chi connectivity index (χ1n) is 8.92. The Hall–Kier alpha value is -1.70. The summed E-state index contributed by atoms with van der Waals surface area (Å²) in [7, 11) is 2.00. The maximum atomic E-state index is 8.86. The van der Waals surface area contributed by atoms with Gasteiger partial charge in [0.2, 0.25) is 5.69 Å². The molecule has 2 heteroatoms. The molecular formula is C19H25N2+. The highest BCUT2D eigenvalue weighted by molar-refractivity contribution is 5.63. The van der Waals surface area contributed by atoms with Gasteiger partial charge < -0.3 is 0 Å². The van der Waals surface area contributed by atoms with E-state index in [1.807, 2.05) is 49.1 Å². The number of pyridine rings is 2. The molecule has 0 bridgehead atoms. The van der Waals surface area contributed by atoms with Gasteiger partial charge in [-0.2, -0.15) is 0 Å². The largest absolute Gasteiger partial charge is 0.264 e. The van der Waals surface area contributed by atoms with Crippen molar-refractivity contribution in [1.82, 2.24) is 4.98 Å². The Bertz CT molecular complexity index is 692. The fraction of sp³-hybridized carbons (Fsp3) is 0.474. The Balaban J connectivity index is 2.13. The average Bonchev–Trinajstić information content (AvgIpc) is 2.56. The van der Waals surface area contributed by atoms with Crippen molar-refractivity contribution in [1.29, 1.82) is 0 Å². The van der Waals surface area contributed by atoms with Gasteiger partial charge in [0.15, 0.2) is 6.20 Å². The quantitative estimate of drug-likeness (QED) is 0.778. The maximum absolute atomic E-state index is 8.86. The van der Waals surface area contributed by atoms with E-state index in [1.54, 1.807) is 6.20 Å². The smallest absolute Gasteiger partial charge is 0.215 e. The van der Waals surface area contributed by atoms with Crippen LogP contribution in [0.15, 0.2) is 36.8 Å². The normalized spacial score (nSPS) is 18.2. The van der Waals surface area contributed by atoms with E-state index >= 15 is 0 Å². The van der Waals surface area contributed by atoms with Gasteiger partial charge >= 0.3 is 0 Å². The standard InChI is InChI=1S/C19H25N2/c1-15-14-20-11-10-18(15)19-17(9-6-12-21(19)2)13-16-7-4-3-5-8-16/h6,9-12,14,16H,3-5,7-8,13H2,1-2H3/q+1/i13D2. The van der Waals surface area contributed by atoms with E-state index in [4.69, 9.17) is 2.74 Å².